The highest BCUT2D eigenvalue weighted by Crippen LogP contribution is 2.27. The van der Waals surface area contributed by atoms with Crippen molar-refractivity contribution >= 4 is 23.2 Å². The molecule has 3 aromatic rings. The zero-order valence-electron chi connectivity index (χ0n) is 18.3. The van der Waals surface area contributed by atoms with Gasteiger partial charge in [-0.15, -0.1) is 11.3 Å². The number of hydrogen-bond donors (Lipinski definition) is 1. The van der Waals surface area contributed by atoms with Gasteiger partial charge in [0.1, 0.15) is 6.04 Å². The Balaban J connectivity index is 1.64. The maximum Gasteiger partial charge on any atom is 0.264 e. The first-order chi connectivity index (χ1) is 15.7. The van der Waals surface area contributed by atoms with E-state index in [4.69, 9.17) is 0 Å². The molecular formula is C27H30N2O2S. The third-order valence-electron chi connectivity index (χ3n) is 6.10. The highest BCUT2D eigenvalue weighted by atomic mass is 32.1. The van der Waals surface area contributed by atoms with Crippen LogP contribution in [0.25, 0.3) is 0 Å². The fourth-order valence-electron chi connectivity index (χ4n) is 4.42. The average Bonchev–Trinajstić information content (AvgIpc) is 3.38. The van der Waals surface area contributed by atoms with Crippen LogP contribution in [0.4, 0.5) is 0 Å². The van der Waals surface area contributed by atoms with E-state index < -0.39 is 6.04 Å². The lowest BCUT2D eigenvalue weighted by Gasteiger charge is -2.33. The Morgan fingerprint density at radius 2 is 1.59 bits per heavy atom. The summed E-state index contributed by atoms with van der Waals surface area (Å²) in [6, 6.07) is 23.1. The van der Waals surface area contributed by atoms with E-state index in [1.807, 2.05) is 66.0 Å². The Bertz CT molecular complexity index is 983. The van der Waals surface area contributed by atoms with Crippen molar-refractivity contribution < 1.29 is 9.59 Å². The van der Waals surface area contributed by atoms with E-state index in [1.165, 1.54) is 17.8 Å². The summed E-state index contributed by atoms with van der Waals surface area (Å²) >= 11 is 1.42. The number of carbonyl (C=O) groups is 2. The predicted octanol–water partition coefficient (Wildman–Crippen LogP) is 5.62. The van der Waals surface area contributed by atoms with Gasteiger partial charge in [0, 0.05) is 12.6 Å². The Kier molecular flexibility index (Phi) is 7.73. The molecular weight excluding hydrogens is 416 g/mol. The monoisotopic (exact) mass is 446 g/mol. The van der Waals surface area contributed by atoms with Crippen molar-refractivity contribution in [2.75, 3.05) is 6.54 Å². The summed E-state index contributed by atoms with van der Waals surface area (Å²) < 4.78 is 0. The highest BCUT2D eigenvalue weighted by molar-refractivity contribution is 7.12. The van der Waals surface area contributed by atoms with Crippen molar-refractivity contribution in [2.24, 2.45) is 0 Å². The SMILES string of the molecule is O=C(NC1CCCCC1)[C@@H](c1ccccc1)N(CCc1ccccc1)C(=O)c1cccs1. The topological polar surface area (TPSA) is 49.4 Å². The van der Waals surface area contributed by atoms with E-state index >= 15 is 0 Å². The van der Waals surface area contributed by atoms with Crippen LogP contribution < -0.4 is 5.32 Å². The van der Waals surface area contributed by atoms with Gasteiger partial charge >= 0.3 is 0 Å². The van der Waals surface area contributed by atoms with Gasteiger partial charge in [0.25, 0.3) is 5.91 Å². The average molecular weight is 447 g/mol. The predicted molar refractivity (Wildman–Crippen MR) is 130 cm³/mol. The second kappa shape index (κ2) is 11.1. The first-order valence-electron chi connectivity index (χ1n) is 11.5. The van der Waals surface area contributed by atoms with Crippen LogP contribution >= 0.6 is 11.3 Å². The number of nitrogens with one attached hydrogen (secondary N) is 1. The summed E-state index contributed by atoms with van der Waals surface area (Å²) in [5, 5.41) is 5.17. The molecule has 1 heterocycles. The van der Waals surface area contributed by atoms with Crippen LogP contribution in [0.1, 0.15) is 58.9 Å². The van der Waals surface area contributed by atoms with Crippen molar-refractivity contribution in [1.82, 2.24) is 10.2 Å². The number of rotatable bonds is 8. The molecule has 0 unspecified atom stereocenters. The molecule has 2 amide bonds. The minimum Gasteiger partial charge on any atom is -0.351 e. The molecule has 166 valence electrons. The molecule has 4 rings (SSSR count). The molecule has 4 nitrogen and oxygen atoms in total. The standard InChI is InChI=1S/C27H30N2O2S/c30-26(28-23-15-8-3-9-16-23)25(22-13-6-2-7-14-22)29(27(31)24-17-10-20-32-24)19-18-21-11-4-1-5-12-21/h1-2,4-7,10-14,17,20,23,25H,3,8-9,15-16,18-19H2,(H,28,30)/t25-/m1/s1. The third kappa shape index (κ3) is 5.65. The van der Waals surface area contributed by atoms with E-state index in [-0.39, 0.29) is 17.9 Å². The number of thiophene rings is 1. The second-order valence-corrected chi connectivity index (χ2v) is 9.32. The molecule has 1 aromatic heterocycles. The van der Waals surface area contributed by atoms with E-state index in [2.05, 4.69) is 17.4 Å². The summed E-state index contributed by atoms with van der Waals surface area (Å²) in [6.07, 6.45) is 6.23. The van der Waals surface area contributed by atoms with Gasteiger partial charge in [0.2, 0.25) is 5.91 Å². The normalized spacial score (nSPS) is 15.1. The highest BCUT2D eigenvalue weighted by Gasteiger charge is 2.33. The smallest absolute Gasteiger partial charge is 0.264 e. The van der Waals surface area contributed by atoms with Crippen LogP contribution in [0.5, 0.6) is 0 Å². The Hall–Kier alpha value is -2.92. The first-order valence-corrected chi connectivity index (χ1v) is 12.3. The minimum absolute atomic E-state index is 0.0823. The molecule has 1 N–H and O–H groups in total. The van der Waals surface area contributed by atoms with Crippen LogP contribution in [-0.2, 0) is 11.2 Å². The van der Waals surface area contributed by atoms with Crippen molar-refractivity contribution in [2.45, 2.75) is 50.6 Å². The van der Waals surface area contributed by atoms with Gasteiger partial charge < -0.3 is 10.2 Å². The summed E-state index contributed by atoms with van der Waals surface area (Å²) in [5.74, 6) is -0.176. The molecule has 1 aliphatic carbocycles. The molecule has 2 aromatic carbocycles. The number of carbonyl (C=O) groups excluding carboxylic acids is 2. The maximum atomic E-state index is 13.6. The van der Waals surface area contributed by atoms with Gasteiger partial charge in [-0.3, -0.25) is 9.59 Å². The van der Waals surface area contributed by atoms with Crippen LogP contribution in [0.15, 0.2) is 78.2 Å². The molecule has 0 aliphatic heterocycles. The van der Waals surface area contributed by atoms with Crippen molar-refractivity contribution in [3.8, 4) is 0 Å². The molecule has 1 aliphatic rings. The van der Waals surface area contributed by atoms with Gasteiger partial charge in [-0.1, -0.05) is 86.0 Å². The van der Waals surface area contributed by atoms with E-state index in [9.17, 15) is 9.59 Å². The molecule has 1 atom stereocenters. The number of nitrogens with zero attached hydrogens (tertiary/aromatic N) is 1. The van der Waals surface area contributed by atoms with Crippen LogP contribution in [-0.4, -0.2) is 29.3 Å². The molecule has 0 radical (unpaired) electrons. The molecule has 5 heteroatoms. The molecule has 1 saturated carbocycles. The zero-order chi connectivity index (χ0) is 22.2. The van der Waals surface area contributed by atoms with Crippen molar-refractivity contribution in [1.29, 1.82) is 0 Å². The fraction of sp³-hybridized carbons (Fsp3) is 0.333. The van der Waals surface area contributed by atoms with Gasteiger partial charge in [0.15, 0.2) is 0 Å². The molecule has 32 heavy (non-hydrogen) atoms. The molecule has 0 spiro atoms. The second-order valence-electron chi connectivity index (χ2n) is 8.37. The largest absolute Gasteiger partial charge is 0.351 e. The first kappa shape index (κ1) is 22.3. The Morgan fingerprint density at radius 1 is 0.906 bits per heavy atom. The maximum absolute atomic E-state index is 13.6. The van der Waals surface area contributed by atoms with Gasteiger partial charge in [-0.25, -0.2) is 0 Å². The van der Waals surface area contributed by atoms with Gasteiger partial charge in [0.05, 0.1) is 4.88 Å². The van der Waals surface area contributed by atoms with Crippen LogP contribution in [0.2, 0.25) is 0 Å². The quantitative estimate of drug-likeness (QED) is 0.488. The number of amides is 2. The van der Waals surface area contributed by atoms with Gasteiger partial charge in [-0.05, 0) is 41.8 Å². The lowest BCUT2D eigenvalue weighted by molar-refractivity contribution is -0.126. The lowest BCUT2D eigenvalue weighted by Crippen LogP contribution is -2.47. The lowest BCUT2D eigenvalue weighted by atomic mass is 9.94. The molecule has 1 fully saturated rings. The third-order valence-corrected chi connectivity index (χ3v) is 6.96. The summed E-state index contributed by atoms with van der Waals surface area (Å²) in [5.41, 5.74) is 2.00. The summed E-state index contributed by atoms with van der Waals surface area (Å²) in [4.78, 5) is 29.6. The van der Waals surface area contributed by atoms with Crippen LogP contribution in [0, 0.1) is 0 Å². The fourth-order valence-corrected chi connectivity index (χ4v) is 5.10. The van der Waals surface area contributed by atoms with Crippen molar-refractivity contribution in [3.63, 3.8) is 0 Å². The molecule has 0 saturated heterocycles. The van der Waals surface area contributed by atoms with E-state index in [0.717, 1.165) is 36.8 Å². The Labute approximate surface area is 194 Å². The number of hydrogen-bond acceptors (Lipinski definition) is 3. The Morgan fingerprint density at radius 3 is 2.25 bits per heavy atom. The van der Waals surface area contributed by atoms with Crippen LogP contribution in [0.3, 0.4) is 0 Å². The minimum atomic E-state index is -0.656. The summed E-state index contributed by atoms with van der Waals surface area (Å²) in [7, 11) is 0. The van der Waals surface area contributed by atoms with Gasteiger partial charge in [-0.2, -0.15) is 0 Å². The van der Waals surface area contributed by atoms with Crippen molar-refractivity contribution in [3.05, 3.63) is 94.2 Å². The molecule has 0 bridgehead atoms. The zero-order valence-corrected chi connectivity index (χ0v) is 19.1. The van der Waals surface area contributed by atoms with E-state index in [1.54, 1.807) is 4.90 Å². The number of benzene rings is 2. The summed E-state index contributed by atoms with van der Waals surface area (Å²) in [6.45, 7) is 0.471. The van der Waals surface area contributed by atoms with E-state index in [0.29, 0.717) is 17.8 Å².